The van der Waals surface area contributed by atoms with Gasteiger partial charge >= 0.3 is 5.97 Å². The van der Waals surface area contributed by atoms with Crippen LogP contribution in [-0.4, -0.2) is 22.3 Å². The van der Waals surface area contributed by atoms with Crippen LogP contribution in [0, 0.1) is 0 Å². The number of carboxylic acids is 1. The van der Waals surface area contributed by atoms with E-state index in [0.717, 1.165) is 31.4 Å². The highest BCUT2D eigenvalue weighted by Gasteiger charge is 2.24. The Morgan fingerprint density at radius 2 is 2.12 bits per heavy atom. The van der Waals surface area contributed by atoms with Gasteiger partial charge in [-0.15, -0.1) is 0 Å². The molecule has 1 aromatic heterocycles. The van der Waals surface area contributed by atoms with Crippen molar-refractivity contribution in [1.82, 2.24) is 4.57 Å². The highest BCUT2D eigenvalue weighted by atomic mass is 19.1. The smallest absolute Gasteiger partial charge is 0.337 e. The van der Waals surface area contributed by atoms with Gasteiger partial charge in [0.05, 0.1) is 12.1 Å². The molecule has 0 spiro atoms. The molecule has 1 aromatic rings. The maximum atomic E-state index is 12.5. The molecule has 0 aromatic carbocycles. The summed E-state index contributed by atoms with van der Waals surface area (Å²) in [5, 5.41) is 9.17. The lowest BCUT2D eigenvalue weighted by atomic mass is 9.85. The third-order valence-corrected chi connectivity index (χ3v) is 3.55. The summed E-state index contributed by atoms with van der Waals surface area (Å²) in [4.78, 5) is 11.2. The summed E-state index contributed by atoms with van der Waals surface area (Å²) in [7, 11) is 0. The van der Waals surface area contributed by atoms with Gasteiger partial charge in [0.15, 0.2) is 0 Å². The lowest BCUT2D eigenvalue weighted by molar-refractivity contribution is 0.0694. The average Bonchev–Trinajstić information content (AvgIpc) is 2.74. The van der Waals surface area contributed by atoms with Crippen molar-refractivity contribution in [2.45, 2.75) is 44.6 Å². The number of aromatic carboxylic acids is 1. The van der Waals surface area contributed by atoms with Crippen LogP contribution in [0.15, 0.2) is 12.3 Å². The number of aryl methyl sites for hydroxylation is 1. The number of nitrogens with zero attached hydrogens (tertiary/aromatic N) is 1. The molecule has 1 aliphatic rings. The van der Waals surface area contributed by atoms with Crippen LogP contribution in [0.4, 0.5) is 4.39 Å². The molecule has 0 saturated heterocycles. The molecule has 2 rings (SSSR count). The van der Waals surface area contributed by atoms with E-state index in [4.69, 9.17) is 0 Å². The van der Waals surface area contributed by atoms with E-state index in [-0.39, 0.29) is 12.5 Å². The van der Waals surface area contributed by atoms with Crippen LogP contribution in [0.25, 0.3) is 0 Å². The fraction of sp³-hybridized carbons (Fsp3) is 0.615. The van der Waals surface area contributed by atoms with Gasteiger partial charge in [-0.1, -0.05) is 19.3 Å². The number of rotatable bonds is 4. The summed E-state index contributed by atoms with van der Waals surface area (Å²) >= 11 is 0. The minimum absolute atomic E-state index is 0.263. The quantitative estimate of drug-likeness (QED) is 0.876. The van der Waals surface area contributed by atoms with Crippen molar-refractivity contribution in [2.24, 2.45) is 0 Å². The molecule has 1 heterocycles. The minimum atomic E-state index is -0.900. The Bertz CT molecular complexity index is 394. The Hall–Kier alpha value is -1.32. The zero-order valence-electron chi connectivity index (χ0n) is 9.86. The normalized spacial score (nSPS) is 17.2. The third-order valence-electron chi connectivity index (χ3n) is 3.55. The fourth-order valence-electron chi connectivity index (χ4n) is 2.78. The Labute approximate surface area is 100 Å². The van der Waals surface area contributed by atoms with Crippen molar-refractivity contribution in [3.05, 3.63) is 23.5 Å². The van der Waals surface area contributed by atoms with E-state index in [2.05, 4.69) is 0 Å². The van der Waals surface area contributed by atoms with Crippen LogP contribution in [-0.2, 0) is 6.54 Å². The second-order valence-electron chi connectivity index (χ2n) is 4.64. The molecular weight excluding hydrogens is 221 g/mol. The Morgan fingerprint density at radius 1 is 1.41 bits per heavy atom. The second kappa shape index (κ2) is 5.34. The molecule has 0 aliphatic heterocycles. The third kappa shape index (κ3) is 2.51. The predicted octanol–water partition coefficient (Wildman–Crippen LogP) is 3.20. The van der Waals surface area contributed by atoms with Crippen LogP contribution in [0.2, 0.25) is 0 Å². The van der Waals surface area contributed by atoms with E-state index in [1.54, 1.807) is 16.8 Å². The number of carbonyl (C=O) groups is 1. The maximum Gasteiger partial charge on any atom is 0.337 e. The van der Waals surface area contributed by atoms with Crippen molar-refractivity contribution < 1.29 is 14.3 Å². The molecule has 4 heteroatoms. The predicted molar refractivity (Wildman–Crippen MR) is 63.2 cm³/mol. The molecule has 1 aliphatic carbocycles. The van der Waals surface area contributed by atoms with Gasteiger partial charge in [-0.3, -0.25) is 0 Å². The molecule has 0 atom stereocenters. The summed E-state index contributed by atoms with van der Waals surface area (Å²) in [5.41, 5.74) is 1.18. The van der Waals surface area contributed by atoms with Crippen LogP contribution in [0.5, 0.6) is 0 Å². The molecule has 94 valence electrons. The van der Waals surface area contributed by atoms with E-state index >= 15 is 0 Å². The maximum absolute atomic E-state index is 12.5. The molecule has 1 N–H and O–H groups in total. The summed E-state index contributed by atoms with van der Waals surface area (Å²) in [6.45, 7) is -0.188. The van der Waals surface area contributed by atoms with Crippen molar-refractivity contribution in [3.63, 3.8) is 0 Å². The first kappa shape index (κ1) is 12.1. The number of hydrogen-bond acceptors (Lipinski definition) is 1. The van der Waals surface area contributed by atoms with Gasteiger partial charge < -0.3 is 9.67 Å². The SMILES string of the molecule is O=C(O)c1ccn(CCF)c1C1CCCCC1. The molecule has 1 saturated carbocycles. The van der Waals surface area contributed by atoms with Crippen LogP contribution in [0.3, 0.4) is 0 Å². The van der Waals surface area contributed by atoms with Crippen molar-refractivity contribution in [2.75, 3.05) is 6.67 Å². The summed E-state index contributed by atoms with van der Waals surface area (Å²) in [6, 6.07) is 1.60. The van der Waals surface area contributed by atoms with Crippen molar-refractivity contribution in [1.29, 1.82) is 0 Å². The lowest BCUT2D eigenvalue weighted by Gasteiger charge is -2.24. The lowest BCUT2D eigenvalue weighted by Crippen LogP contribution is -2.15. The fourth-order valence-corrected chi connectivity index (χ4v) is 2.78. The van der Waals surface area contributed by atoms with E-state index in [9.17, 15) is 14.3 Å². The monoisotopic (exact) mass is 239 g/mol. The molecule has 3 nitrogen and oxygen atoms in total. The topological polar surface area (TPSA) is 42.2 Å². The summed E-state index contributed by atoms with van der Waals surface area (Å²) < 4.78 is 14.2. The average molecular weight is 239 g/mol. The summed E-state index contributed by atoms with van der Waals surface area (Å²) in [6.07, 6.45) is 7.26. The van der Waals surface area contributed by atoms with Crippen molar-refractivity contribution >= 4 is 5.97 Å². The van der Waals surface area contributed by atoms with Crippen LogP contribution in [0.1, 0.15) is 54.1 Å². The number of hydrogen-bond donors (Lipinski definition) is 1. The molecule has 0 radical (unpaired) electrons. The molecule has 1 fully saturated rings. The zero-order valence-corrected chi connectivity index (χ0v) is 9.86. The molecular formula is C13H18FNO2. The van der Waals surface area contributed by atoms with Crippen molar-refractivity contribution in [3.8, 4) is 0 Å². The second-order valence-corrected chi connectivity index (χ2v) is 4.64. The van der Waals surface area contributed by atoms with Gasteiger partial charge in [-0.25, -0.2) is 9.18 Å². The van der Waals surface area contributed by atoms with E-state index in [1.165, 1.54) is 6.42 Å². The van der Waals surface area contributed by atoms with E-state index < -0.39 is 12.6 Å². The number of alkyl halides is 1. The van der Waals surface area contributed by atoms with E-state index in [0.29, 0.717) is 5.56 Å². The van der Waals surface area contributed by atoms with Crippen LogP contribution < -0.4 is 0 Å². The number of carboxylic acid groups (broad SMARTS) is 1. The van der Waals surface area contributed by atoms with Gasteiger partial charge in [0.1, 0.15) is 6.67 Å². The largest absolute Gasteiger partial charge is 0.478 e. The standard InChI is InChI=1S/C13H18FNO2/c14-7-9-15-8-6-11(13(16)17)12(15)10-4-2-1-3-5-10/h6,8,10H,1-5,7,9H2,(H,16,17). The Morgan fingerprint density at radius 3 is 2.71 bits per heavy atom. The van der Waals surface area contributed by atoms with Gasteiger partial charge in [0, 0.05) is 17.8 Å². The minimum Gasteiger partial charge on any atom is -0.478 e. The molecule has 0 amide bonds. The molecule has 0 bridgehead atoms. The Balaban J connectivity index is 2.32. The first-order valence-electron chi connectivity index (χ1n) is 6.22. The summed E-state index contributed by atoms with van der Waals surface area (Å²) in [5.74, 6) is -0.611. The Kier molecular flexibility index (Phi) is 3.82. The first-order valence-corrected chi connectivity index (χ1v) is 6.22. The van der Waals surface area contributed by atoms with Crippen LogP contribution >= 0.6 is 0 Å². The number of aromatic nitrogens is 1. The van der Waals surface area contributed by atoms with Gasteiger partial charge in [0.2, 0.25) is 0 Å². The molecule has 0 unspecified atom stereocenters. The molecule has 17 heavy (non-hydrogen) atoms. The van der Waals surface area contributed by atoms with Gasteiger partial charge in [-0.05, 0) is 18.9 Å². The zero-order chi connectivity index (χ0) is 12.3. The first-order chi connectivity index (χ1) is 8.24. The highest BCUT2D eigenvalue weighted by molar-refractivity contribution is 5.89. The van der Waals surface area contributed by atoms with Gasteiger partial charge in [-0.2, -0.15) is 0 Å². The number of halogens is 1. The van der Waals surface area contributed by atoms with Gasteiger partial charge in [0.25, 0.3) is 0 Å². The highest BCUT2D eigenvalue weighted by Crippen LogP contribution is 2.35. The van der Waals surface area contributed by atoms with E-state index in [1.807, 2.05) is 0 Å².